The second kappa shape index (κ2) is 7.49. The minimum absolute atomic E-state index is 0.0106. The molecule has 0 saturated carbocycles. The molecule has 0 bridgehead atoms. The van der Waals surface area contributed by atoms with E-state index in [9.17, 15) is 4.79 Å². The molecule has 5 nitrogen and oxygen atoms in total. The number of nitrogens with one attached hydrogen (secondary N) is 1. The highest BCUT2D eigenvalue weighted by atomic mass is 16.3. The molecule has 2 aromatic rings. The molecule has 1 aliphatic carbocycles. The van der Waals surface area contributed by atoms with Gasteiger partial charge in [0, 0.05) is 35.9 Å². The molecule has 2 N–H and O–H groups in total. The van der Waals surface area contributed by atoms with Gasteiger partial charge in [-0.25, -0.2) is 4.68 Å². The summed E-state index contributed by atoms with van der Waals surface area (Å²) in [5, 5.41) is 16.7. The Kier molecular flexibility index (Phi) is 5.14. The van der Waals surface area contributed by atoms with Crippen LogP contribution in [0, 0.1) is 19.8 Å². The van der Waals surface area contributed by atoms with Crippen LogP contribution in [-0.2, 0) is 4.79 Å². The van der Waals surface area contributed by atoms with E-state index in [1.165, 1.54) is 0 Å². The third kappa shape index (κ3) is 3.88. The second-order valence-corrected chi connectivity index (χ2v) is 6.34. The highest BCUT2D eigenvalue weighted by molar-refractivity contribution is 5.92. The lowest BCUT2D eigenvalue weighted by atomic mass is 10.1. The van der Waals surface area contributed by atoms with E-state index in [0.717, 1.165) is 29.1 Å². The van der Waals surface area contributed by atoms with Crippen LogP contribution < -0.4 is 5.32 Å². The lowest BCUT2D eigenvalue weighted by molar-refractivity contribution is -0.116. The van der Waals surface area contributed by atoms with E-state index >= 15 is 0 Å². The van der Waals surface area contributed by atoms with Gasteiger partial charge >= 0.3 is 0 Å². The number of nitrogens with zero attached hydrogens (tertiary/aromatic N) is 2. The predicted molar refractivity (Wildman–Crippen MR) is 98.3 cm³/mol. The molecule has 0 unspecified atom stereocenters. The summed E-state index contributed by atoms with van der Waals surface area (Å²) in [5.74, 6) is 0.00220. The van der Waals surface area contributed by atoms with Gasteiger partial charge in [0.05, 0.1) is 11.4 Å². The number of hydrogen-bond acceptors (Lipinski definition) is 3. The van der Waals surface area contributed by atoms with Crippen LogP contribution in [0.25, 0.3) is 11.8 Å². The number of amides is 1. The molecule has 5 heteroatoms. The number of rotatable bonds is 5. The summed E-state index contributed by atoms with van der Waals surface area (Å²) < 4.78 is 1.89. The molecule has 0 radical (unpaired) electrons. The number of carbonyl (C=O) groups is 1. The Morgan fingerprint density at radius 1 is 1.32 bits per heavy atom. The Hall–Kier alpha value is -2.66. The number of aliphatic hydroxyl groups is 1. The van der Waals surface area contributed by atoms with Crippen molar-refractivity contribution in [3.63, 3.8) is 0 Å². The molecule has 0 spiro atoms. The first-order valence-electron chi connectivity index (χ1n) is 8.48. The van der Waals surface area contributed by atoms with Gasteiger partial charge in [0.1, 0.15) is 0 Å². The van der Waals surface area contributed by atoms with Crippen LogP contribution in [-0.4, -0.2) is 33.4 Å². The summed E-state index contributed by atoms with van der Waals surface area (Å²) in [6.07, 6.45) is 8.00. The van der Waals surface area contributed by atoms with Gasteiger partial charge in [0.25, 0.3) is 0 Å². The van der Waals surface area contributed by atoms with Gasteiger partial charge in [0.15, 0.2) is 0 Å². The Morgan fingerprint density at radius 3 is 2.76 bits per heavy atom. The molecule has 130 valence electrons. The van der Waals surface area contributed by atoms with Crippen LogP contribution >= 0.6 is 0 Å². The number of aromatic nitrogens is 2. The van der Waals surface area contributed by atoms with Gasteiger partial charge in [0.2, 0.25) is 5.91 Å². The first-order valence-corrected chi connectivity index (χ1v) is 8.48. The quantitative estimate of drug-likeness (QED) is 0.651. The van der Waals surface area contributed by atoms with Gasteiger partial charge in [-0.3, -0.25) is 4.79 Å². The number of benzene rings is 1. The third-order valence-electron chi connectivity index (χ3n) is 4.48. The van der Waals surface area contributed by atoms with Gasteiger partial charge in [-0.05, 0) is 38.5 Å². The van der Waals surface area contributed by atoms with Gasteiger partial charge in [-0.1, -0.05) is 30.4 Å². The van der Waals surface area contributed by atoms with E-state index < -0.39 is 0 Å². The Bertz CT molecular complexity index is 806. The van der Waals surface area contributed by atoms with Crippen molar-refractivity contribution in [2.45, 2.75) is 26.3 Å². The van der Waals surface area contributed by atoms with E-state index in [4.69, 9.17) is 5.11 Å². The fourth-order valence-corrected chi connectivity index (χ4v) is 3.12. The molecular formula is C20H23N3O2. The molecule has 1 heterocycles. The lowest BCUT2D eigenvalue weighted by Gasteiger charge is -2.10. The summed E-state index contributed by atoms with van der Waals surface area (Å²) in [4.78, 5) is 12.1. The summed E-state index contributed by atoms with van der Waals surface area (Å²) in [6.45, 7) is 4.06. The van der Waals surface area contributed by atoms with Crippen molar-refractivity contribution in [1.82, 2.24) is 15.1 Å². The number of hydrogen-bond donors (Lipinski definition) is 2. The average molecular weight is 337 g/mol. The number of aliphatic hydroxyl groups excluding tert-OH is 1. The maximum absolute atomic E-state index is 12.1. The Balaban J connectivity index is 1.70. The van der Waals surface area contributed by atoms with Crippen molar-refractivity contribution in [3.8, 4) is 5.69 Å². The molecule has 2 atom stereocenters. The van der Waals surface area contributed by atoms with Gasteiger partial charge in [-0.2, -0.15) is 5.10 Å². The molecule has 0 aliphatic heterocycles. The standard InChI is InChI=1S/C20H23N3O2/c1-14-19(15(2)23(22-14)18-6-4-3-5-7-18)10-11-20(25)21-17-9-8-16(12-17)13-24/h3-11,16-17,24H,12-13H2,1-2H3,(H,21,25)/b11-10+/t16-,17+/m0/s1. The summed E-state index contributed by atoms with van der Waals surface area (Å²) in [7, 11) is 0. The van der Waals surface area contributed by atoms with E-state index in [1.54, 1.807) is 6.08 Å². The molecule has 0 fully saturated rings. The van der Waals surface area contributed by atoms with Crippen molar-refractivity contribution in [3.05, 3.63) is 65.5 Å². The first kappa shape index (κ1) is 17.2. The Morgan fingerprint density at radius 2 is 2.08 bits per heavy atom. The largest absolute Gasteiger partial charge is 0.396 e. The van der Waals surface area contributed by atoms with E-state index in [-0.39, 0.29) is 24.5 Å². The van der Waals surface area contributed by atoms with Crippen LogP contribution in [0.5, 0.6) is 0 Å². The maximum Gasteiger partial charge on any atom is 0.244 e. The van der Waals surface area contributed by atoms with Crippen LogP contribution in [0.1, 0.15) is 23.4 Å². The van der Waals surface area contributed by atoms with E-state index in [1.807, 2.05) is 67.1 Å². The zero-order chi connectivity index (χ0) is 17.8. The minimum Gasteiger partial charge on any atom is -0.396 e. The van der Waals surface area contributed by atoms with Gasteiger partial charge < -0.3 is 10.4 Å². The minimum atomic E-state index is -0.139. The topological polar surface area (TPSA) is 67.2 Å². The van der Waals surface area contributed by atoms with Crippen LogP contribution in [0.3, 0.4) is 0 Å². The summed E-state index contributed by atoms with van der Waals surface area (Å²) in [5.41, 5.74) is 3.83. The highest BCUT2D eigenvalue weighted by Gasteiger charge is 2.19. The zero-order valence-electron chi connectivity index (χ0n) is 14.5. The second-order valence-electron chi connectivity index (χ2n) is 6.34. The van der Waals surface area contributed by atoms with E-state index in [2.05, 4.69) is 10.4 Å². The average Bonchev–Trinajstić information content (AvgIpc) is 3.18. The molecule has 3 rings (SSSR count). The summed E-state index contributed by atoms with van der Waals surface area (Å²) >= 11 is 0. The number of carbonyl (C=O) groups excluding carboxylic acids is 1. The third-order valence-corrected chi connectivity index (χ3v) is 4.48. The first-order chi connectivity index (χ1) is 12.1. The van der Waals surface area contributed by atoms with Crippen molar-refractivity contribution in [2.24, 2.45) is 5.92 Å². The molecule has 1 aromatic carbocycles. The molecular weight excluding hydrogens is 314 g/mol. The van der Waals surface area contributed by atoms with Crippen molar-refractivity contribution < 1.29 is 9.90 Å². The number of aryl methyl sites for hydroxylation is 1. The normalized spacial score (nSPS) is 19.6. The zero-order valence-corrected chi connectivity index (χ0v) is 14.5. The molecule has 25 heavy (non-hydrogen) atoms. The van der Waals surface area contributed by atoms with Gasteiger partial charge in [-0.15, -0.1) is 0 Å². The molecule has 0 saturated heterocycles. The highest BCUT2D eigenvalue weighted by Crippen LogP contribution is 2.19. The monoisotopic (exact) mass is 337 g/mol. The molecule has 1 amide bonds. The molecule has 1 aliphatic rings. The van der Waals surface area contributed by atoms with Crippen LogP contribution in [0.2, 0.25) is 0 Å². The Labute approximate surface area is 147 Å². The lowest BCUT2D eigenvalue weighted by Crippen LogP contribution is -2.31. The predicted octanol–water partition coefficient (Wildman–Crippen LogP) is 2.56. The summed E-state index contributed by atoms with van der Waals surface area (Å²) in [6, 6.07) is 9.92. The van der Waals surface area contributed by atoms with E-state index in [0.29, 0.717) is 0 Å². The van der Waals surface area contributed by atoms with Crippen LogP contribution in [0.15, 0.2) is 48.6 Å². The fourth-order valence-electron chi connectivity index (χ4n) is 3.12. The van der Waals surface area contributed by atoms with Crippen LogP contribution in [0.4, 0.5) is 0 Å². The smallest absolute Gasteiger partial charge is 0.244 e. The number of para-hydroxylation sites is 1. The van der Waals surface area contributed by atoms with Crippen molar-refractivity contribution in [1.29, 1.82) is 0 Å². The van der Waals surface area contributed by atoms with Crippen molar-refractivity contribution >= 4 is 12.0 Å². The SMILES string of the molecule is Cc1nn(-c2ccccc2)c(C)c1/C=C/C(=O)N[C@@H]1C=C[C@H](CO)C1. The fraction of sp³-hybridized carbons (Fsp3) is 0.300. The van der Waals surface area contributed by atoms with Crippen molar-refractivity contribution in [2.75, 3.05) is 6.61 Å². The maximum atomic E-state index is 12.1. The molecule has 1 aromatic heterocycles.